The smallest absolute Gasteiger partial charge is 1.00 e. The Kier molecular flexibility index (Phi) is 7.52. The van der Waals surface area contributed by atoms with E-state index in [1.54, 1.807) is 41.5 Å². The van der Waals surface area contributed by atoms with Gasteiger partial charge in [-0.05, 0) is 20.8 Å². The van der Waals surface area contributed by atoms with Gasteiger partial charge in [-0.2, -0.15) is 0 Å². The van der Waals surface area contributed by atoms with Crippen LogP contribution in [0.5, 0.6) is 0 Å². The fourth-order valence-electron chi connectivity index (χ4n) is 0.590. The molecule has 0 bridgehead atoms. The maximum absolute atomic E-state index is 11.4. The van der Waals surface area contributed by atoms with Gasteiger partial charge in [-0.3, -0.25) is 9.59 Å². The van der Waals surface area contributed by atoms with Crippen molar-refractivity contribution in [2.45, 2.75) is 41.5 Å². The molecule has 0 spiro atoms. The first-order valence-electron chi connectivity index (χ1n) is 4.77. The van der Waals surface area contributed by atoms with E-state index in [0.29, 0.717) is 0 Å². The van der Waals surface area contributed by atoms with E-state index in [4.69, 9.17) is 0 Å². The molecule has 0 saturated heterocycles. The van der Waals surface area contributed by atoms with Crippen molar-refractivity contribution in [1.29, 1.82) is 0 Å². The van der Waals surface area contributed by atoms with E-state index < -0.39 is 28.6 Å². The molecular weight excluding hydrogens is 235 g/mol. The quantitative estimate of drug-likeness (QED) is 0.256. The molecule has 0 aliphatic heterocycles. The Bertz CT molecular complexity index is 300. The van der Waals surface area contributed by atoms with Crippen molar-refractivity contribution in [2.75, 3.05) is 0 Å². The molecule has 0 atom stereocenters. The van der Waals surface area contributed by atoms with Crippen molar-refractivity contribution >= 4 is 17.7 Å². The van der Waals surface area contributed by atoms with Crippen molar-refractivity contribution in [1.82, 2.24) is 0 Å². The second kappa shape index (κ2) is 6.40. The molecule has 0 saturated carbocycles. The van der Waals surface area contributed by atoms with E-state index in [9.17, 15) is 14.4 Å². The standard InChI is InChI=1S/C11H18O4.K.H/c1-10(2,3)7(12)8(13)15-9(14)11(4,5)6;;/h1-6H3;;/q;+1;-1. The molecular formula is C11H19KO4. The largest absolute Gasteiger partial charge is 1.00 e. The third kappa shape index (κ3) is 6.25. The number of Topliss-reactive ketones (excluding diaryl/α,β-unsaturated/α-hetero) is 1. The first-order chi connectivity index (χ1) is 6.46. The van der Waals surface area contributed by atoms with Gasteiger partial charge < -0.3 is 6.16 Å². The van der Waals surface area contributed by atoms with Gasteiger partial charge in [0.25, 0.3) is 0 Å². The Balaban J connectivity index is -0.000000980. The van der Waals surface area contributed by atoms with Gasteiger partial charge in [0.05, 0.1) is 5.41 Å². The minimum absolute atomic E-state index is 0. The summed E-state index contributed by atoms with van der Waals surface area (Å²) in [4.78, 5) is 34.0. The summed E-state index contributed by atoms with van der Waals surface area (Å²) in [6, 6.07) is 0. The van der Waals surface area contributed by atoms with Crippen molar-refractivity contribution < 1.29 is 71.9 Å². The molecule has 0 fully saturated rings. The van der Waals surface area contributed by atoms with Crippen LogP contribution in [0.25, 0.3) is 0 Å². The van der Waals surface area contributed by atoms with Crippen molar-refractivity contribution in [3.8, 4) is 0 Å². The summed E-state index contributed by atoms with van der Waals surface area (Å²) >= 11 is 0. The number of carbonyl (C=O) groups is 3. The molecule has 0 rings (SSSR count). The zero-order chi connectivity index (χ0) is 12.4. The number of ketones is 1. The van der Waals surface area contributed by atoms with Gasteiger partial charge >= 0.3 is 63.3 Å². The average molecular weight is 254 g/mol. The minimum Gasteiger partial charge on any atom is -1.00 e. The monoisotopic (exact) mass is 254 g/mol. The summed E-state index contributed by atoms with van der Waals surface area (Å²) in [5.41, 5.74) is -1.61. The number of rotatable bonds is 1. The Morgan fingerprint density at radius 2 is 1.25 bits per heavy atom. The molecule has 0 aromatic heterocycles. The minimum atomic E-state index is -1.08. The van der Waals surface area contributed by atoms with Crippen LogP contribution < -0.4 is 51.4 Å². The van der Waals surface area contributed by atoms with Crippen LogP contribution in [0.2, 0.25) is 0 Å². The van der Waals surface area contributed by atoms with Crippen LogP contribution in [0.3, 0.4) is 0 Å². The number of hydrogen-bond acceptors (Lipinski definition) is 4. The first kappa shape index (κ1) is 18.8. The number of esters is 2. The van der Waals surface area contributed by atoms with Gasteiger partial charge in [0.15, 0.2) is 0 Å². The van der Waals surface area contributed by atoms with Crippen molar-refractivity contribution in [3.05, 3.63) is 0 Å². The van der Waals surface area contributed by atoms with Crippen molar-refractivity contribution in [2.24, 2.45) is 10.8 Å². The summed E-state index contributed by atoms with van der Waals surface area (Å²) in [7, 11) is 0. The van der Waals surface area contributed by atoms with E-state index >= 15 is 0 Å². The molecule has 88 valence electrons. The number of hydrogen-bond donors (Lipinski definition) is 0. The maximum atomic E-state index is 11.4. The van der Waals surface area contributed by atoms with E-state index in [2.05, 4.69) is 4.74 Å². The molecule has 0 N–H and O–H groups in total. The van der Waals surface area contributed by atoms with Gasteiger partial charge in [0.2, 0.25) is 5.78 Å². The van der Waals surface area contributed by atoms with Gasteiger partial charge in [-0.25, -0.2) is 4.79 Å². The second-order valence-corrected chi connectivity index (χ2v) is 5.51. The molecule has 0 aromatic carbocycles. The fraction of sp³-hybridized carbons (Fsp3) is 0.727. The van der Waals surface area contributed by atoms with Crippen LogP contribution in [0.1, 0.15) is 43.0 Å². The van der Waals surface area contributed by atoms with Crippen LogP contribution in [0.4, 0.5) is 0 Å². The third-order valence-corrected chi connectivity index (χ3v) is 1.66. The van der Waals surface area contributed by atoms with Gasteiger partial charge in [0, 0.05) is 5.41 Å². The van der Waals surface area contributed by atoms with Gasteiger partial charge in [-0.15, -0.1) is 0 Å². The second-order valence-electron chi connectivity index (χ2n) is 5.51. The van der Waals surface area contributed by atoms with Crippen LogP contribution in [0.15, 0.2) is 0 Å². The molecule has 0 heterocycles. The fourth-order valence-corrected chi connectivity index (χ4v) is 0.590. The zero-order valence-corrected chi connectivity index (χ0v) is 14.3. The van der Waals surface area contributed by atoms with E-state index in [0.717, 1.165) is 0 Å². The maximum Gasteiger partial charge on any atom is 1.00 e. The Labute approximate surface area is 140 Å². The summed E-state index contributed by atoms with van der Waals surface area (Å²) in [5.74, 6) is -2.47. The van der Waals surface area contributed by atoms with Crippen LogP contribution in [-0.4, -0.2) is 17.7 Å². The molecule has 16 heavy (non-hydrogen) atoms. The number of ether oxygens (including phenoxy) is 1. The van der Waals surface area contributed by atoms with Crippen LogP contribution in [-0.2, 0) is 19.1 Å². The van der Waals surface area contributed by atoms with E-state index in [-0.39, 0.29) is 52.8 Å². The van der Waals surface area contributed by atoms with Crippen LogP contribution >= 0.6 is 0 Å². The van der Waals surface area contributed by atoms with Gasteiger partial charge in [0.1, 0.15) is 0 Å². The van der Waals surface area contributed by atoms with Gasteiger partial charge in [-0.1, -0.05) is 20.8 Å². The zero-order valence-electron chi connectivity index (χ0n) is 12.1. The summed E-state index contributed by atoms with van der Waals surface area (Å²) in [6.07, 6.45) is 0. The molecule has 0 amide bonds. The molecule has 0 unspecified atom stereocenters. The summed E-state index contributed by atoms with van der Waals surface area (Å²) in [5, 5.41) is 0. The normalized spacial score (nSPS) is 11.4. The Hall–Kier alpha value is 0.446. The Morgan fingerprint density at radius 3 is 1.50 bits per heavy atom. The summed E-state index contributed by atoms with van der Waals surface area (Å²) < 4.78 is 4.48. The summed E-state index contributed by atoms with van der Waals surface area (Å²) in [6.45, 7) is 9.63. The molecule has 4 nitrogen and oxygen atoms in total. The Morgan fingerprint density at radius 1 is 0.875 bits per heavy atom. The molecule has 5 heteroatoms. The third-order valence-electron chi connectivity index (χ3n) is 1.66. The topological polar surface area (TPSA) is 60.4 Å². The number of carbonyl (C=O) groups excluding carboxylic acids is 3. The van der Waals surface area contributed by atoms with E-state index in [1.165, 1.54) is 0 Å². The predicted molar refractivity (Wildman–Crippen MR) is 56.1 cm³/mol. The average Bonchev–Trinajstić information content (AvgIpc) is 1.99. The molecule has 0 aromatic rings. The van der Waals surface area contributed by atoms with E-state index in [1.807, 2.05) is 0 Å². The molecule has 0 radical (unpaired) electrons. The molecule has 0 aliphatic rings. The molecule has 0 aliphatic carbocycles. The van der Waals surface area contributed by atoms with Crippen molar-refractivity contribution in [3.63, 3.8) is 0 Å². The predicted octanol–water partition coefficient (Wildman–Crippen LogP) is -1.17. The first-order valence-corrected chi connectivity index (χ1v) is 4.77. The SMILES string of the molecule is CC(C)(C)C(=O)OC(=O)C(=O)C(C)(C)C.[H-].[K+]. The van der Waals surface area contributed by atoms with Crippen LogP contribution in [0, 0.1) is 10.8 Å².